The number of aryl methyl sites for hydroxylation is 1. The molecule has 2 nitrogen and oxygen atoms in total. The molecule has 0 aliphatic carbocycles. The molecule has 11 heavy (non-hydrogen) atoms. The van der Waals surface area contributed by atoms with Crippen LogP contribution in [0.15, 0.2) is 22.7 Å². The van der Waals surface area contributed by atoms with E-state index in [4.69, 9.17) is 5.26 Å². The molecule has 0 unspecified atom stereocenters. The molecule has 0 spiro atoms. The van der Waals surface area contributed by atoms with Crippen LogP contribution in [0.3, 0.4) is 0 Å². The minimum atomic E-state index is 0.810. The van der Waals surface area contributed by atoms with Crippen molar-refractivity contribution in [3.8, 4) is 6.19 Å². The van der Waals surface area contributed by atoms with Gasteiger partial charge < -0.3 is 0 Å². The third-order valence-electron chi connectivity index (χ3n) is 1.37. The second kappa shape index (κ2) is 3.40. The predicted molar refractivity (Wildman–Crippen MR) is 48.1 cm³/mol. The standard InChI is InChI=1S/C8H7BrN2/c1-6-2-3-7(11-5-10)4-8(6)9/h2-4,11H,1H3. The first-order valence-electron chi connectivity index (χ1n) is 3.15. The first-order valence-corrected chi connectivity index (χ1v) is 3.94. The van der Waals surface area contributed by atoms with Crippen molar-refractivity contribution in [3.63, 3.8) is 0 Å². The lowest BCUT2D eigenvalue weighted by atomic mass is 10.2. The van der Waals surface area contributed by atoms with Crippen LogP contribution in [0, 0.1) is 18.4 Å². The van der Waals surface area contributed by atoms with Crippen molar-refractivity contribution in [1.82, 2.24) is 0 Å². The Hall–Kier alpha value is -1.01. The van der Waals surface area contributed by atoms with Crippen LogP contribution in [-0.2, 0) is 0 Å². The van der Waals surface area contributed by atoms with Crippen molar-refractivity contribution in [2.45, 2.75) is 6.92 Å². The van der Waals surface area contributed by atoms with E-state index in [2.05, 4.69) is 21.2 Å². The lowest BCUT2D eigenvalue weighted by Crippen LogP contribution is -1.87. The Morgan fingerprint density at radius 1 is 1.55 bits per heavy atom. The Kier molecular flexibility index (Phi) is 2.50. The van der Waals surface area contributed by atoms with Gasteiger partial charge in [0.15, 0.2) is 6.19 Å². The first-order chi connectivity index (χ1) is 5.24. The minimum Gasteiger partial charge on any atom is -0.293 e. The van der Waals surface area contributed by atoms with Gasteiger partial charge in [0.1, 0.15) is 0 Å². The summed E-state index contributed by atoms with van der Waals surface area (Å²) in [5.74, 6) is 0. The molecule has 1 N–H and O–H groups in total. The van der Waals surface area contributed by atoms with Crippen molar-refractivity contribution in [3.05, 3.63) is 28.2 Å². The Morgan fingerprint density at radius 2 is 2.27 bits per heavy atom. The maximum atomic E-state index is 8.30. The van der Waals surface area contributed by atoms with Gasteiger partial charge in [0.25, 0.3) is 0 Å². The number of nitrogens with zero attached hydrogens (tertiary/aromatic N) is 1. The summed E-state index contributed by atoms with van der Waals surface area (Å²) in [4.78, 5) is 0. The van der Waals surface area contributed by atoms with Gasteiger partial charge in [0.2, 0.25) is 0 Å². The van der Waals surface area contributed by atoms with E-state index >= 15 is 0 Å². The van der Waals surface area contributed by atoms with E-state index in [1.807, 2.05) is 31.3 Å². The maximum Gasteiger partial charge on any atom is 0.181 e. The van der Waals surface area contributed by atoms with Crippen LogP contribution in [0.1, 0.15) is 5.56 Å². The summed E-state index contributed by atoms with van der Waals surface area (Å²) >= 11 is 3.37. The zero-order valence-corrected chi connectivity index (χ0v) is 7.64. The normalized spacial score (nSPS) is 8.82. The largest absolute Gasteiger partial charge is 0.293 e. The molecule has 0 aromatic heterocycles. The highest BCUT2D eigenvalue weighted by atomic mass is 79.9. The highest BCUT2D eigenvalue weighted by Crippen LogP contribution is 2.19. The lowest BCUT2D eigenvalue weighted by molar-refractivity contribution is 1.41. The van der Waals surface area contributed by atoms with Gasteiger partial charge in [-0.25, -0.2) is 0 Å². The summed E-state index contributed by atoms with van der Waals surface area (Å²) < 4.78 is 1.01. The fraction of sp³-hybridized carbons (Fsp3) is 0.125. The molecule has 0 fully saturated rings. The number of halogens is 1. The molecule has 0 aliphatic rings. The second-order valence-electron chi connectivity index (χ2n) is 2.20. The van der Waals surface area contributed by atoms with E-state index in [0.717, 1.165) is 15.7 Å². The number of anilines is 1. The highest BCUT2D eigenvalue weighted by molar-refractivity contribution is 9.10. The molecule has 1 aromatic carbocycles. The third-order valence-corrected chi connectivity index (χ3v) is 2.23. The first kappa shape index (κ1) is 8.09. The molecule has 1 rings (SSSR count). The quantitative estimate of drug-likeness (QED) is 0.572. The van der Waals surface area contributed by atoms with Crippen LogP contribution in [-0.4, -0.2) is 0 Å². The Balaban J connectivity index is 2.98. The molecule has 0 aliphatic heterocycles. The molecule has 0 amide bonds. The summed E-state index contributed by atoms with van der Waals surface area (Å²) in [6, 6.07) is 5.69. The van der Waals surface area contributed by atoms with E-state index in [9.17, 15) is 0 Å². The average Bonchev–Trinajstić information content (AvgIpc) is 1.98. The lowest BCUT2D eigenvalue weighted by Gasteiger charge is -2.00. The molecule has 0 atom stereocenters. The van der Waals surface area contributed by atoms with Crippen LogP contribution in [0.4, 0.5) is 5.69 Å². The molecule has 0 radical (unpaired) electrons. The molecular weight excluding hydrogens is 204 g/mol. The minimum absolute atomic E-state index is 0.810. The maximum absolute atomic E-state index is 8.30. The van der Waals surface area contributed by atoms with Crippen LogP contribution in [0.5, 0.6) is 0 Å². The molecule has 56 valence electrons. The summed E-state index contributed by atoms with van der Waals surface area (Å²) in [5.41, 5.74) is 1.97. The van der Waals surface area contributed by atoms with Gasteiger partial charge in [-0.05, 0) is 24.6 Å². The van der Waals surface area contributed by atoms with E-state index in [1.165, 1.54) is 0 Å². The number of nitriles is 1. The summed E-state index contributed by atoms with van der Waals surface area (Å²) in [6.07, 6.45) is 1.86. The van der Waals surface area contributed by atoms with E-state index in [0.29, 0.717) is 0 Å². The second-order valence-corrected chi connectivity index (χ2v) is 3.06. The van der Waals surface area contributed by atoms with Crippen molar-refractivity contribution in [2.75, 3.05) is 5.32 Å². The molecule has 0 bridgehead atoms. The summed E-state index contributed by atoms with van der Waals surface area (Å²) in [7, 11) is 0. The Labute approximate surface area is 74.0 Å². The Bertz CT molecular complexity index is 301. The van der Waals surface area contributed by atoms with Gasteiger partial charge >= 0.3 is 0 Å². The van der Waals surface area contributed by atoms with Crippen LogP contribution in [0.25, 0.3) is 0 Å². The summed E-state index contributed by atoms with van der Waals surface area (Å²) in [6.45, 7) is 2.00. The topological polar surface area (TPSA) is 35.8 Å². The van der Waals surface area contributed by atoms with Crippen LogP contribution in [0.2, 0.25) is 0 Å². The predicted octanol–water partition coefficient (Wildman–Crippen LogP) is 2.65. The fourth-order valence-corrected chi connectivity index (χ4v) is 1.11. The molecule has 0 heterocycles. The summed E-state index contributed by atoms with van der Waals surface area (Å²) in [5, 5.41) is 10.9. The highest BCUT2D eigenvalue weighted by Gasteiger charge is 1.94. The fourth-order valence-electron chi connectivity index (χ4n) is 0.735. The van der Waals surface area contributed by atoms with Crippen molar-refractivity contribution in [1.29, 1.82) is 5.26 Å². The molecule has 1 aromatic rings. The van der Waals surface area contributed by atoms with E-state index in [-0.39, 0.29) is 0 Å². The van der Waals surface area contributed by atoms with E-state index in [1.54, 1.807) is 0 Å². The Morgan fingerprint density at radius 3 is 2.82 bits per heavy atom. The molecule has 0 saturated carbocycles. The monoisotopic (exact) mass is 210 g/mol. The number of benzene rings is 1. The molecule has 0 saturated heterocycles. The number of hydrogen-bond acceptors (Lipinski definition) is 2. The van der Waals surface area contributed by atoms with Gasteiger partial charge in [-0.1, -0.05) is 22.0 Å². The van der Waals surface area contributed by atoms with Crippen molar-refractivity contribution in [2.24, 2.45) is 0 Å². The SMILES string of the molecule is Cc1ccc(NC#N)cc1Br. The van der Waals surface area contributed by atoms with Gasteiger partial charge in [0, 0.05) is 10.2 Å². The van der Waals surface area contributed by atoms with Gasteiger partial charge in [-0.2, -0.15) is 5.26 Å². The van der Waals surface area contributed by atoms with Crippen LogP contribution < -0.4 is 5.32 Å². The third kappa shape index (κ3) is 1.95. The van der Waals surface area contributed by atoms with Gasteiger partial charge in [-0.3, -0.25) is 5.32 Å². The van der Waals surface area contributed by atoms with Gasteiger partial charge in [0.05, 0.1) is 0 Å². The van der Waals surface area contributed by atoms with Crippen LogP contribution >= 0.6 is 15.9 Å². The molecular formula is C8H7BrN2. The zero-order chi connectivity index (χ0) is 8.27. The zero-order valence-electron chi connectivity index (χ0n) is 6.06. The number of rotatable bonds is 1. The number of nitrogens with one attached hydrogen (secondary N) is 1. The average molecular weight is 211 g/mol. The van der Waals surface area contributed by atoms with Crippen molar-refractivity contribution < 1.29 is 0 Å². The molecule has 3 heteroatoms. The van der Waals surface area contributed by atoms with Crippen molar-refractivity contribution >= 4 is 21.6 Å². The smallest absolute Gasteiger partial charge is 0.181 e. The van der Waals surface area contributed by atoms with Gasteiger partial charge in [-0.15, -0.1) is 0 Å². The van der Waals surface area contributed by atoms with E-state index < -0.39 is 0 Å². The number of hydrogen-bond donors (Lipinski definition) is 1.